The molecular formula is C21H27N3O3. The number of hydrogen-bond acceptors (Lipinski definition) is 4. The van der Waals surface area contributed by atoms with Crippen molar-refractivity contribution in [1.29, 1.82) is 0 Å². The standard InChI is InChI=1S/C21H27N3O3/c25-19(22-17-9-3-4-10-18(17)23-12-5-6-13-23)11-14-24-20(26)15-7-1-2-8-16(15)21(24)27/h3-4,9-10,15-16H,1-2,5-8,11-14H2,(H,22,25)/t15-,16-/m1/s1. The second kappa shape index (κ2) is 7.71. The van der Waals surface area contributed by atoms with Crippen LogP contribution in [0.25, 0.3) is 0 Å². The zero-order chi connectivity index (χ0) is 18.8. The Kier molecular flexibility index (Phi) is 5.14. The van der Waals surface area contributed by atoms with Crippen LogP contribution in [0, 0.1) is 11.8 Å². The average Bonchev–Trinajstić information content (AvgIpc) is 3.29. The molecule has 1 saturated carbocycles. The molecule has 4 rings (SSSR count). The van der Waals surface area contributed by atoms with Gasteiger partial charge in [-0.2, -0.15) is 0 Å². The summed E-state index contributed by atoms with van der Waals surface area (Å²) in [5, 5.41) is 2.97. The molecule has 6 nitrogen and oxygen atoms in total. The average molecular weight is 369 g/mol. The summed E-state index contributed by atoms with van der Waals surface area (Å²) in [6, 6.07) is 7.82. The first-order chi connectivity index (χ1) is 13.1. The van der Waals surface area contributed by atoms with Gasteiger partial charge in [0, 0.05) is 26.1 Å². The Labute approximate surface area is 159 Å². The fraction of sp³-hybridized carbons (Fsp3) is 0.571. The lowest BCUT2D eigenvalue weighted by molar-refractivity contribution is -0.140. The summed E-state index contributed by atoms with van der Waals surface area (Å²) in [6.45, 7) is 2.20. The highest BCUT2D eigenvalue weighted by Crippen LogP contribution is 2.38. The van der Waals surface area contributed by atoms with Crippen LogP contribution in [-0.4, -0.2) is 42.3 Å². The highest BCUT2D eigenvalue weighted by atomic mass is 16.2. The lowest BCUT2D eigenvalue weighted by Crippen LogP contribution is -2.34. The smallest absolute Gasteiger partial charge is 0.233 e. The second-order valence-corrected chi connectivity index (χ2v) is 7.84. The first kappa shape index (κ1) is 18.0. The van der Waals surface area contributed by atoms with Gasteiger partial charge in [-0.15, -0.1) is 0 Å². The Morgan fingerprint density at radius 2 is 1.59 bits per heavy atom. The SMILES string of the molecule is O=C(CCN1C(=O)[C@@H]2CCCC[C@H]2C1=O)Nc1ccccc1N1CCCC1. The minimum absolute atomic E-state index is 0.0741. The Morgan fingerprint density at radius 3 is 2.26 bits per heavy atom. The van der Waals surface area contributed by atoms with Gasteiger partial charge in [-0.3, -0.25) is 19.3 Å². The summed E-state index contributed by atoms with van der Waals surface area (Å²) >= 11 is 0. The van der Waals surface area contributed by atoms with Crippen LogP contribution in [0.1, 0.15) is 44.9 Å². The highest BCUT2D eigenvalue weighted by Gasteiger charge is 2.47. The first-order valence-electron chi connectivity index (χ1n) is 10.1. The third-order valence-electron chi connectivity index (χ3n) is 6.12. The quantitative estimate of drug-likeness (QED) is 0.811. The van der Waals surface area contributed by atoms with E-state index in [9.17, 15) is 14.4 Å². The summed E-state index contributed by atoms with van der Waals surface area (Å²) in [5.41, 5.74) is 1.85. The van der Waals surface area contributed by atoms with Gasteiger partial charge in [0.15, 0.2) is 0 Å². The van der Waals surface area contributed by atoms with Crippen LogP contribution in [0.5, 0.6) is 0 Å². The van der Waals surface area contributed by atoms with E-state index in [2.05, 4.69) is 10.2 Å². The largest absolute Gasteiger partial charge is 0.370 e. The van der Waals surface area contributed by atoms with Crippen LogP contribution >= 0.6 is 0 Å². The number of rotatable bonds is 5. The zero-order valence-corrected chi connectivity index (χ0v) is 15.7. The van der Waals surface area contributed by atoms with Crippen molar-refractivity contribution in [2.24, 2.45) is 11.8 Å². The van der Waals surface area contributed by atoms with E-state index in [1.165, 1.54) is 17.7 Å². The van der Waals surface area contributed by atoms with E-state index in [0.29, 0.717) is 0 Å². The Balaban J connectivity index is 1.37. The number of nitrogens with one attached hydrogen (secondary N) is 1. The summed E-state index contributed by atoms with van der Waals surface area (Å²) in [5.74, 6) is -0.600. The zero-order valence-electron chi connectivity index (χ0n) is 15.7. The molecular weight excluding hydrogens is 342 g/mol. The van der Waals surface area contributed by atoms with Crippen molar-refractivity contribution >= 4 is 29.1 Å². The molecule has 0 spiro atoms. The maximum Gasteiger partial charge on any atom is 0.233 e. The number of carbonyl (C=O) groups is 3. The molecule has 0 aromatic heterocycles. The lowest BCUT2D eigenvalue weighted by Gasteiger charge is -2.21. The van der Waals surface area contributed by atoms with Gasteiger partial charge in [0.2, 0.25) is 17.7 Å². The van der Waals surface area contributed by atoms with Crippen molar-refractivity contribution in [1.82, 2.24) is 4.90 Å². The van der Waals surface area contributed by atoms with Gasteiger partial charge in [0.1, 0.15) is 0 Å². The van der Waals surface area contributed by atoms with Gasteiger partial charge >= 0.3 is 0 Å². The Bertz CT molecular complexity index is 718. The van der Waals surface area contributed by atoms with Gasteiger partial charge in [0.05, 0.1) is 23.2 Å². The number of anilines is 2. The van der Waals surface area contributed by atoms with Crippen LogP contribution in [0.15, 0.2) is 24.3 Å². The van der Waals surface area contributed by atoms with Crippen LogP contribution in [0.4, 0.5) is 11.4 Å². The summed E-state index contributed by atoms with van der Waals surface area (Å²) in [4.78, 5) is 41.1. The van der Waals surface area contributed by atoms with E-state index in [1.54, 1.807) is 0 Å². The molecule has 2 saturated heterocycles. The molecule has 27 heavy (non-hydrogen) atoms. The third kappa shape index (κ3) is 3.57. The van der Waals surface area contributed by atoms with Gasteiger partial charge in [-0.05, 0) is 37.8 Å². The number of fused-ring (bicyclic) bond motifs is 1. The van der Waals surface area contributed by atoms with Crippen molar-refractivity contribution < 1.29 is 14.4 Å². The van der Waals surface area contributed by atoms with Crippen LogP contribution in [-0.2, 0) is 14.4 Å². The maximum absolute atomic E-state index is 12.5. The van der Waals surface area contributed by atoms with E-state index in [1.807, 2.05) is 24.3 Å². The van der Waals surface area contributed by atoms with E-state index in [0.717, 1.165) is 50.1 Å². The van der Waals surface area contributed by atoms with E-state index < -0.39 is 0 Å². The van der Waals surface area contributed by atoms with Crippen molar-refractivity contribution in [3.63, 3.8) is 0 Å². The molecule has 0 unspecified atom stereocenters. The number of likely N-dealkylation sites (tertiary alicyclic amines) is 1. The molecule has 2 heterocycles. The predicted octanol–water partition coefficient (Wildman–Crippen LogP) is 2.79. The predicted molar refractivity (Wildman–Crippen MR) is 103 cm³/mol. The molecule has 0 radical (unpaired) electrons. The van der Waals surface area contributed by atoms with Gasteiger partial charge in [-0.25, -0.2) is 0 Å². The van der Waals surface area contributed by atoms with Crippen molar-refractivity contribution in [3.05, 3.63) is 24.3 Å². The topological polar surface area (TPSA) is 69.7 Å². The van der Waals surface area contributed by atoms with Crippen molar-refractivity contribution in [2.45, 2.75) is 44.9 Å². The molecule has 2 aliphatic heterocycles. The number of para-hydroxylation sites is 2. The maximum atomic E-state index is 12.5. The molecule has 6 heteroatoms. The number of nitrogens with zero attached hydrogens (tertiary/aromatic N) is 2. The van der Waals surface area contributed by atoms with E-state index in [4.69, 9.17) is 0 Å². The lowest BCUT2D eigenvalue weighted by atomic mass is 9.81. The Hall–Kier alpha value is -2.37. The minimum Gasteiger partial charge on any atom is -0.370 e. The number of amides is 3. The van der Waals surface area contributed by atoms with E-state index >= 15 is 0 Å². The van der Waals surface area contributed by atoms with Crippen molar-refractivity contribution in [3.8, 4) is 0 Å². The second-order valence-electron chi connectivity index (χ2n) is 7.84. The van der Waals surface area contributed by atoms with E-state index in [-0.39, 0.29) is 42.5 Å². The molecule has 0 bridgehead atoms. The molecule has 1 N–H and O–H groups in total. The molecule has 3 amide bonds. The molecule has 3 aliphatic rings. The molecule has 3 fully saturated rings. The normalized spacial score (nSPS) is 25.0. The summed E-state index contributed by atoms with van der Waals surface area (Å²) < 4.78 is 0. The van der Waals surface area contributed by atoms with Crippen molar-refractivity contribution in [2.75, 3.05) is 29.9 Å². The number of carbonyl (C=O) groups excluding carboxylic acids is 3. The van der Waals surface area contributed by atoms with Crippen LogP contribution in [0.2, 0.25) is 0 Å². The number of imide groups is 1. The fourth-order valence-electron chi connectivity index (χ4n) is 4.69. The monoisotopic (exact) mass is 369 g/mol. The van der Waals surface area contributed by atoms with Gasteiger partial charge in [0.25, 0.3) is 0 Å². The molecule has 144 valence electrons. The molecule has 1 aromatic rings. The molecule has 1 aromatic carbocycles. The summed E-state index contributed by atoms with van der Waals surface area (Å²) in [7, 11) is 0. The highest BCUT2D eigenvalue weighted by molar-refractivity contribution is 6.05. The first-order valence-corrected chi connectivity index (χ1v) is 10.1. The van der Waals surface area contributed by atoms with Gasteiger partial charge < -0.3 is 10.2 Å². The number of benzene rings is 1. The Morgan fingerprint density at radius 1 is 0.963 bits per heavy atom. The third-order valence-corrected chi connectivity index (χ3v) is 6.12. The molecule has 2 atom stereocenters. The minimum atomic E-state index is -0.155. The molecule has 1 aliphatic carbocycles. The fourth-order valence-corrected chi connectivity index (χ4v) is 4.69. The summed E-state index contributed by atoms with van der Waals surface area (Å²) in [6.07, 6.45) is 6.13. The van der Waals surface area contributed by atoms with Gasteiger partial charge in [-0.1, -0.05) is 25.0 Å². The van der Waals surface area contributed by atoms with Crippen LogP contribution in [0.3, 0.4) is 0 Å². The van der Waals surface area contributed by atoms with Crippen LogP contribution < -0.4 is 10.2 Å². The number of hydrogen-bond donors (Lipinski definition) is 1.